The van der Waals surface area contributed by atoms with Gasteiger partial charge in [-0.2, -0.15) is 0 Å². The Kier molecular flexibility index (Phi) is 5.67. The fourth-order valence-corrected chi connectivity index (χ4v) is 2.07. The Hall–Kier alpha value is -2.44. The Balaban J connectivity index is 2.19. The molecule has 0 spiro atoms. The SMILES string of the molecule is COC(=O)c1cc(F)cc(-c2ccc(NCC(O)CO)cc2)c1. The highest BCUT2D eigenvalue weighted by Crippen LogP contribution is 2.24. The van der Waals surface area contributed by atoms with E-state index in [2.05, 4.69) is 10.1 Å². The molecule has 6 heteroatoms. The molecule has 1 unspecified atom stereocenters. The maximum absolute atomic E-state index is 13.7. The number of rotatable bonds is 6. The number of hydrogen-bond donors (Lipinski definition) is 3. The monoisotopic (exact) mass is 319 g/mol. The molecular formula is C17H18FNO4. The summed E-state index contributed by atoms with van der Waals surface area (Å²) in [5.74, 6) is -1.11. The second kappa shape index (κ2) is 7.71. The van der Waals surface area contributed by atoms with Crippen LogP contribution in [0.3, 0.4) is 0 Å². The summed E-state index contributed by atoms with van der Waals surface area (Å²) in [5.41, 5.74) is 2.21. The minimum absolute atomic E-state index is 0.149. The Labute approximate surface area is 133 Å². The predicted octanol–water partition coefficient (Wildman–Crippen LogP) is 2.04. The van der Waals surface area contributed by atoms with E-state index in [4.69, 9.17) is 5.11 Å². The van der Waals surface area contributed by atoms with Crippen molar-refractivity contribution in [3.63, 3.8) is 0 Å². The van der Waals surface area contributed by atoms with Gasteiger partial charge in [-0.1, -0.05) is 12.1 Å². The summed E-state index contributed by atoms with van der Waals surface area (Å²) >= 11 is 0. The van der Waals surface area contributed by atoms with E-state index in [0.717, 1.165) is 17.3 Å². The molecule has 0 aromatic heterocycles. The van der Waals surface area contributed by atoms with Gasteiger partial charge in [-0.05, 0) is 41.5 Å². The summed E-state index contributed by atoms with van der Waals surface area (Å²) in [6.45, 7) is -0.0903. The lowest BCUT2D eigenvalue weighted by molar-refractivity contribution is 0.0600. The number of aliphatic hydroxyl groups excluding tert-OH is 2. The first-order valence-corrected chi connectivity index (χ1v) is 7.05. The molecule has 0 heterocycles. The first-order chi connectivity index (χ1) is 11.0. The zero-order valence-corrected chi connectivity index (χ0v) is 12.6. The van der Waals surface area contributed by atoms with Gasteiger partial charge in [0.15, 0.2) is 0 Å². The largest absolute Gasteiger partial charge is 0.465 e. The fourth-order valence-electron chi connectivity index (χ4n) is 2.07. The fraction of sp³-hybridized carbons (Fsp3) is 0.235. The van der Waals surface area contributed by atoms with E-state index in [1.165, 1.54) is 13.2 Å². The van der Waals surface area contributed by atoms with Crippen molar-refractivity contribution < 1.29 is 24.1 Å². The van der Waals surface area contributed by atoms with Gasteiger partial charge in [-0.15, -0.1) is 0 Å². The van der Waals surface area contributed by atoms with E-state index in [9.17, 15) is 14.3 Å². The van der Waals surface area contributed by atoms with Crippen molar-refractivity contribution in [2.24, 2.45) is 0 Å². The molecule has 3 N–H and O–H groups in total. The molecular weight excluding hydrogens is 301 g/mol. The molecule has 2 aromatic rings. The third kappa shape index (κ3) is 4.51. The third-order valence-corrected chi connectivity index (χ3v) is 3.29. The first-order valence-electron chi connectivity index (χ1n) is 7.05. The van der Waals surface area contributed by atoms with Crippen LogP contribution in [0, 0.1) is 5.82 Å². The normalized spacial score (nSPS) is 11.8. The van der Waals surface area contributed by atoms with Crippen LogP contribution in [0.4, 0.5) is 10.1 Å². The molecule has 0 radical (unpaired) electrons. The number of hydrogen-bond acceptors (Lipinski definition) is 5. The van der Waals surface area contributed by atoms with Crippen LogP contribution in [0.5, 0.6) is 0 Å². The topological polar surface area (TPSA) is 78.8 Å². The van der Waals surface area contributed by atoms with Crippen molar-refractivity contribution in [2.45, 2.75) is 6.10 Å². The maximum atomic E-state index is 13.7. The second-order valence-electron chi connectivity index (χ2n) is 5.01. The highest BCUT2D eigenvalue weighted by molar-refractivity contribution is 5.91. The van der Waals surface area contributed by atoms with Crippen LogP contribution in [0.25, 0.3) is 11.1 Å². The number of nitrogens with one attached hydrogen (secondary N) is 1. The van der Waals surface area contributed by atoms with E-state index in [-0.39, 0.29) is 18.7 Å². The van der Waals surface area contributed by atoms with Gasteiger partial charge in [-0.25, -0.2) is 9.18 Å². The van der Waals surface area contributed by atoms with Crippen LogP contribution in [0.1, 0.15) is 10.4 Å². The zero-order chi connectivity index (χ0) is 16.8. The average Bonchev–Trinajstić information content (AvgIpc) is 2.58. The smallest absolute Gasteiger partial charge is 0.337 e. The number of carbonyl (C=O) groups is 1. The molecule has 122 valence electrons. The minimum Gasteiger partial charge on any atom is -0.465 e. The van der Waals surface area contributed by atoms with Crippen molar-refractivity contribution in [3.8, 4) is 11.1 Å². The molecule has 0 saturated carbocycles. The summed E-state index contributed by atoms with van der Waals surface area (Å²) in [6, 6.07) is 11.1. The molecule has 1 atom stereocenters. The van der Waals surface area contributed by atoms with Gasteiger partial charge in [0.1, 0.15) is 5.82 Å². The van der Waals surface area contributed by atoms with E-state index in [0.29, 0.717) is 5.56 Å². The van der Waals surface area contributed by atoms with Crippen molar-refractivity contribution in [1.82, 2.24) is 0 Å². The minimum atomic E-state index is -0.833. The molecule has 0 amide bonds. The lowest BCUT2D eigenvalue weighted by Gasteiger charge is -2.11. The number of esters is 1. The Morgan fingerprint density at radius 3 is 2.52 bits per heavy atom. The number of carbonyl (C=O) groups excluding carboxylic acids is 1. The maximum Gasteiger partial charge on any atom is 0.337 e. The number of ether oxygens (including phenoxy) is 1. The molecule has 23 heavy (non-hydrogen) atoms. The standard InChI is InChI=1S/C17H18FNO4/c1-23-17(22)13-6-12(7-14(18)8-13)11-2-4-15(5-3-11)19-9-16(21)10-20/h2-8,16,19-21H,9-10H2,1H3. The van der Waals surface area contributed by atoms with Crippen LogP contribution in [-0.4, -0.2) is 42.5 Å². The molecule has 0 fully saturated rings. The molecule has 2 rings (SSSR count). The van der Waals surface area contributed by atoms with Crippen molar-refractivity contribution in [3.05, 3.63) is 53.8 Å². The van der Waals surface area contributed by atoms with Crippen LogP contribution in [0.2, 0.25) is 0 Å². The summed E-state index contributed by atoms with van der Waals surface area (Å²) in [5, 5.41) is 21.0. The van der Waals surface area contributed by atoms with E-state index >= 15 is 0 Å². The van der Waals surface area contributed by atoms with Crippen LogP contribution in [-0.2, 0) is 4.74 Å². The Bertz CT molecular complexity index is 673. The summed E-state index contributed by atoms with van der Waals surface area (Å²) in [7, 11) is 1.24. The molecule has 0 saturated heterocycles. The summed E-state index contributed by atoms with van der Waals surface area (Å²) in [4.78, 5) is 11.5. The van der Waals surface area contributed by atoms with Crippen LogP contribution in [0.15, 0.2) is 42.5 Å². The van der Waals surface area contributed by atoms with Gasteiger partial charge in [0.25, 0.3) is 0 Å². The number of halogens is 1. The Morgan fingerprint density at radius 2 is 1.91 bits per heavy atom. The number of aliphatic hydroxyl groups is 2. The highest BCUT2D eigenvalue weighted by Gasteiger charge is 2.10. The van der Waals surface area contributed by atoms with Crippen LogP contribution >= 0.6 is 0 Å². The predicted molar refractivity (Wildman–Crippen MR) is 84.8 cm³/mol. The van der Waals surface area contributed by atoms with E-state index < -0.39 is 17.9 Å². The average molecular weight is 319 g/mol. The molecule has 0 aliphatic carbocycles. The lowest BCUT2D eigenvalue weighted by Crippen LogP contribution is -2.22. The summed E-state index contributed by atoms with van der Waals surface area (Å²) in [6.07, 6.45) is -0.833. The quantitative estimate of drug-likeness (QED) is 0.710. The molecule has 5 nitrogen and oxygen atoms in total. The lowest BCUT2D eigenvalue weighted by atomic mass is 10.0. The zero-order valence-electron chi connectivity index (χ0n) is 12.6. The van der Waals surface area contributed by atoms with Gasteiger partial charge in [0.2, 0.25) is 0 Å². The van der Waals surface area contributed by atoms with Gasteiger partial charge in [0.05, 0.1) is 25.4 Å². The van der Waals surface area contributed by atoms with Crippen molar-refractivity contribution >= 4 is 11.7 Å². The van der Waals surface area contributed by atoms with Gasteiger partial charge >= 0.3 is 5.97 Å². The second-order valence-corrected chi connectivity index (χ2v) is 5.01. The highest BCUT2D eigenvalue weighted by atomic mass is 19.1. The van der Waals surface area contributed by atoms with Crippen LogP contribution < -0.4 is 5.32 Å². The molecule has 0 aliphatic heterocycles. The number of anilines is 1. The van der Waals surface area contributed by atoms with Gasteiger partial charge in [0, 0.05) is 12.2 Å². The number of benzene rings is 2. The van der Waals surface area contributed by atoms with E-state index in [1.807, 2.05) is 0 Å². The number of methoxy groups -OCH3 is 1. The molecule has 0 aliphatic rings. The van der Waals surface area contributed by atoms with Crippen molar-refractivity contribution in [1.29, 1.82) is 0 Å². The van der Waals surface area contributed by atoms with Crippen molar-refractivity contribution in [2.75, 3.05) is 25.6 Å². The third-order valence-electron chi connectivity index (χ3n) is 3.29. The Morgan fingerprint density at radius 1 is 1.22 bits per heavy atom. The first kappa shape index (κ1) is 16.9. The molecule has 0 bridgehead atoms. The van der Waals surface area contributed by atoms with Gasteiger partial charge in [-0.3, -0.25) is 0 Å². The van der Waals surface area contributed by atoms with Gasteiger partial charge < -0.3 is 20.3 Å². The molecule has 2 aromatic carbocycles. The van der Waals surface area contributed by atoms with E-state index in [1.54, 1.807) is 30.3 Å². The summed E-state index contributed by atoms with van der Waals surface area (Å²) < 4.78 is 18.3.